The summed E-state index contributed by atoms with van der Waals surface area (Å²) in [6.07, 6.45) is 1.49. The molecule has 1 aromatic rings. The van der Waals surface area contributed by atoms with Crippen molar-refractivity contribution in [1.82, 2.24) is 0 Å². The van der Waals surface area contributed by atoms with Crippen LogP contribution < -0.4 is 4.74 Å². The minimum Gasteiger partial charge on any atom is -0.494 e. The average molecular weight is 281 g/mol. The van der Waals surface area contributed by atoms with Gasteiger partial charge in [0.15, 0.2) is 0 Å². The van der Waals surface area contributed by atoms with Crippen molar-refractivity contribution < 1.29 is 24.0 Å². The summed E-state index contributed by atoms with van der Waals surface area (Å²) in [7, 11) is 1.60. The van der Waals surface area contributed by atoms with Crippen LogP contribution in [0.15, 0.2) is 24.3 Å². The van der Waals surface area contributed by atoms with Crippen LogP contribution in [-0.2, 0) is 14.5 Å². The maximum atomic E-state index is 11.6. The Bertz CT molecular complexity index is 388. The van der Waals surface area contributed by atoms with Gasteiger partial charge in [-0.3, -0.25) is 4.89 Å². The van der Waals surface area contributed by atoms with Gasteiger partial charge in [-0.15, -0.1) is 0 Å². The van der Waals surface area contributed by atoms with Gasteiger partial charge in [-0.25, -0.2) is 4.79 Å². The Morgan fingerprint density at radius 1 is 1.30 bits per heavy atom. The van der Waals surface area contributed by atoms with Crippen LogP contribution in [0, 0.1) is 6.61 Å². The lowest BCUT2D eigenvalue weighted by atomic mass is 10.2. The summed E-state index contributed by atoms with van der Waals surface area (Å²) in [5.74, 6) is 0.179. The predicted octanol–water partition coefficient (Wildman–Crippen LogP) is 3.15. The molecule has 0 spiro atoms. The SMILES string of the molecule is CCCOc1ccc(C(=O)OO[CH]CC(C)OC)cc1. The van der Waals surface area contributed by atoms with E-state index in [2.05, 4.69) is 4.89 Å². The Hall–Kier alpha value is -1.59. The summed E-state index contributed by atoms with van der Waals surface area (Å²) in [6.45, 7) is 5.96. The smallest absolute Gasteiger partial charge is 0.373 e. The second-order valence-electron chi connectivity index (χ2n) is 4.29. The number of carbonyl (C=O) groups is 1. The Balaban J connectivity index is 2.32. The molecule has 1 radical (unpaired) electrons. The van der Waals surface area contributed by atoms with Gasteiger partial charge in [0.1, 0.15) is 12.4 Å². The zero-order valence-electron chi connectivity index (χ0n) is 12.1. The lowest BCUT2D eigenvalue weighted by molar-refractivity contribution is -0.215. The maximum absolute atomic E-state index is 11.6. The molecule has 0 bridgehead atoms. The highest BCUT2D eigenvalue weighted by molar-refractivity contribution is 5.89. The number of hydrogen-bond acceptors (Lipinski definition) is 5. The van der Waals surface area contributed by atoms with Crippen molar-refractivity contribution in [3.63, 3.8) is 0 Å². The highest BCUT2D eigenvalue weighted by atomic mass is 17.2. The molecule has 1 rings (SSSR count). The topological polar surface area (TPSA) is 54.0 Å². The number of methoxy groups -OCH3 is 1. The molecule has 0 fully saturated rings. The average Bonchev–Trinajstić information content (AvgIpc) is 2.49. The van der Waals surface area contributed by atoms with E-state index in [-0.39, 0.29) is 6.10 Å². The van der Waals surface area contributed by atoms with E-state index in [1.807, 2.05) is 13.8 Å². The molecule has 0 saturated heterocycles. The Labute approximate surface area is 119 Å². The van der Waals surface area contributed by atoms with Crippen molar-refractivity contribution >= 4 is 5.97 Å². The first-order valence-electron chi connectivity index (χ1n) is 6.62. The zero-order chi connectivity index (χ0) is 14.8. The van der Waals surface area contributed by atoms with E-state index in [0.29, 0.717) is 18.6 Å². The van der Waals surface area contributed by atoms with Crippen molar-refractivity contribution in [1.29, 1.82) is 0 Å². The van der Waals surface area contributed by atoms with Gasteiger partial charge in [-0.2, -0.15) is 4.89 Å². The molecule has 5 heteroatoms. The van der Waals surface area contributed by atoms with Crippen LogP contribution in [0.25, 0.3) is 0 Å². The molecule has 0 amide bonds. The molecule has 0 N–H and O–H groups in total. The molecule has 0 aliphatic heterocycles. The first-order valence-corrected chi connectivity index (χ1v) is 6.62. The van der Waals surface area contributed by atoms with E-state index in [0.717, 1.165) is 12.2 Å². The van der Waals surface area contributed by atoms with Gasteiger partial charge in [0.25, 0.3) is 0 Å². The van der Waals surface area contributed by atoms with E-state index in [1.54, 1.807) is 31.4 Å². The molecular formula is C15H21O5. The molecule has 111 valence electrons. The standard InChI is InChI=1S/C15H21O5/c1-4-10-18-14-7-5-13(6-8-14)15(16)20-19-11-9-12(2)17-3/h5-8,11-12H,4,9-10H2,1-3H3. The third kappa shape index (κ3) is 6.04. The van der Waals surface area contributed by atoms with Crippen molar-refractivity contribution in [2.45, 2.75) is 32.8 Å². The summed E-state index contributed by atoms with van der Waals surface area (Å²) in [5, 5.41) is 0. The van der Waals surface area contributed by atoms with Gasteiger partial charge in [-0.1, -0.05) is 6.92 Å². The molecule has 0 aliphatic rings. The molecule has 0 aromatic heterocycles. The summed E-state index contributed by atoms with van der Waals surface area (Å²) in [6, 6.07) is 6.72. The number of hydrogen-bond donors (Lipinski definition) is 0. The van der Waals surface area contributed by atoms with Gasteiger partial charge in [0.05, 0.1) is 18.3 Å². The van der Waals surface area contributed by atoms with Crippen LogP contribution in [0.2, 0.25) is 0 Å². The predicted molar refractivity (Wildman–Crippen MR) is 74.1 cm³/mol. The van der Waals surface area contributed by atoms with Gasteiger partial charge < -0.3 is 9.47 Å². The molecule has 1 aromatic carbocycles. The maximum Gasteiger partial charge on any atom is 0.373 e. The lowest BCUT2D eigenvalue weighted by Crippen LogP contribution is -2.09. The van der Waals surface area contributed by atoms with Gasteiger partial charge in [0, 0.05) is 13.5 Å². The molecule has 0 saturated carbocycles. The van der Waals surface area contributed by atoms with Crippen LogP contribution in [0.3, 0.4) is 0 Å². The number of rotatable bonds is 9. The normalized spacial score (nSPS) is 11.9. The number of benzene rings is 1. The minimum absolute atomic E-state index is 0.0173. The first-order chi connectivity index (χ1) is 9.67. The monoisotopic (exact) mass is 281 g/mol. The molecule has 0 heterocycles. The summed E-state index contributed by atoms with van der Waals surface area (Å²) in [4.78, 5) is 21.0. The molecular weight excluding hydrogens is 260 g/mol. The second-order valence-corrected chi connectivity index (χ2v) is 4.29. The summed E-state index contributed by atoms with van der Waals surface area (Å²) < 4.78 is 10.4. The molecule has 1 unspecified atom stereocenters. The number of carbonyl (C=O) groups excluding carboxylic acids is 1. The van der Waals surface area contributed by atoms with E-state index in [1.165, 1.54) is 6.61 Å². The third-order valence-electron chi connectivity index (χ3n) is 2.59. The van der Waals surface area contributed by atoms with Crippen molar-refractivity contribution in [2.24, 2.45) is 0 Å². The molecule has 5 nitrogen and oxygen atoms in total. The van der Waals surface area contributed by atoms with Crippen LogP contribution >= 0.6 is 0 Å². The van der Waals surface area contributed by atoms with E-state index >= 15 is 0 Å². The van der Waals surface area contributed by atoms with Crippen LogP contribution in [0.4, 0.5) is 0 Å². The Kier molecular flexibility index (Phi) is 7.69. The summed E-state index contributed by atoms with van der Waals surface area (Å²) >= 11 is 0. The van der Waals surface area contributed by atoms with Crippen LogP contribution in [0.1, 0.15) is 37.0 Å². The number of ether oxygens (including phenoxy) is 2. The van der Waals surface area contributed by atoms with Gasteiger partial charge in [-0.05, 0) is 37.6 Å². The Morgan fingerprint density at radius 2 is 2.00 bits per heavy atom. The summed E-state index contributed by atoms with van der Waals surface area (Å²) in [5.41, 5.74) is 0.405. The lowest BCUT2D eigenvalue weighted by Gasteiger charge is -2.08. The highest BCUT2D eigenvalue weighted by Crippen LogP contribution is 2.13. The largest absolute Gasteiger partial charge is 0.494 e. The first kappa shape index (κ1) is 16.5. The Morgan fingerprint density at radius 3 is 2.60 bits per heavy atom. The van der Waals surface area contributed by atoms with Gasteiger partial charge in [0.2, 0.25) is 0 Å². The molecule has 1 atom stereocenters. The van der Waals surface area contributed by atoms with E-state index in [9.17, 15) is 4.79 Å². The molecule has 0 aliphatic carbocycles. The zero-order valence-corrected chi connectivity index (χ0v) is 12.1. The van der Waals surface area contributed by atoms with Crippen molar-refractivity contribution in [3.05, 3.63) is 36.4 Å². The third-order valence-corrected chi connectivity index (χ3v) is 2.59. The van der Waals surface area contributed by atoms with Gasteiger partial charge >= 0.3 is 5.97 Å². The van der Waals surface area contributed by atoms with Crippen molar-refractivity contribution in [2.75, 3.05) is 13.7 Å². The fourth-order valence-electron chi connectivity index (χ4n) is 1.30. The fraction of sp³-hybridized carbons (Fsp3) is 0.467. The molecule has 20 heavy (non-hydrogen) atoms. The van der Waals surface area contributed by atoms with Crippen LogP contribution in [-0.4, -0.2) is 25.8 Å². The van der Waals surface area contributed by atoms with Crippen molar-refractivity contribution in [3.8, 4) is 5.75 Å². The van der Waals surface area contributed by atoms with E-state index in [4.69, 9.17) is 14.4 Å². The van der Waals surface area contributed by atoms with E-state index < -0.39 is 5.97 Å². The van der Waals surface area contributed by atoms with Crippen LogP contribution in [0.5, 0.6) is 5.75 Å². The fourth-order valence-corrected chi connectivity index (χ4v) is 1.30. The second kappa shape index (κ2) is 9.34. The quantitative estimate of drug-likeness (QED) is 0.395. The highest BCUT2D eigenvalue weighted by Gasteiger charge is 2.09. The minimum atomic E-state index is -0.548.